The Labute approximate surface area is 111 Å². The molecule has 0 aliphatic carbocycles. The Bertz CT molecular complexity index is 410. The Morgan fingerprint density at radius 3 is 2.56 bits per heavy atom. The molecule has 1 aromatic carbocycles. The van der Waals surface area contributed by atoms with Gasteiger partial charge in [-0.1, -0.05) is 62.4 Å². The molecule has 1 nitrogen and oxygen atoms in total. The largest absolute Gasteiger partial charge is 0.292 e. The van der Waals surface area contributed by atoms with E-state index in [0.717, 1.165) is 13.0 Å². The number of benzene rings is 1. The summed E-state index contributed by atoms with van der Waals surface area (Å²) in [5.41, 5.74) is 2.56. The highest BCUT2D eigenvalue weighted by Gasteiger charge is 1.97. The van der Waals surface area contributed by atoms with E-state index in [-0.39, 0.29) is 0 Å². The normalized spacial score (nSPS) is 13.0. The summed E-state index contributed by atoms with van der Waals surface area (Å²) in [6, 6.07) is 10.2. The van der Waals surface area contributed by atoms with Gasteiger partial charge >= 0.3 is 0 Å². The van der Waals surface area contributed by atoms with Crippen LogP contribution in [0.15, 0.2) is 59.1 Å². The fraction of sp³-hybridized carbons (Fsp3) is 0.353. The molecule has 1 rings (SSSR count). The van der Waals surface area contributed by atoms with Gasteiger partial charge in [-0.05, 0) is 30.4 Å². The van der Waals surface area contributed by atoms with Crippen molar-refractivity contribution in [3.8, 4) is 0 Å². The maximum Gasteiger partial charge on any atom is 0.0424 e. The van der Waals surface area contributed by atoms with Gasteiger partial charge in [0.15, 0.2) is 0 Å². The van der Waals surface area contributed by atoms with Crippen molar-refractivity contribution >= 4 is 6.21 Å². The van der Waals surface area contributed by atoms with Crippen LogP contribution in [-0.4, -0.2) is 12.8 Å². The molecule has 0 atom stereocenters. The number of rotatable bonds is 6. The monoisotopic (exact) mass is 241 g/mol. The lowest BCUT2D eigenvalue weighted by Crippen LogP contribution is -1.91. The van der Waals surface area contributed by atoms with E-state index in [1.807, 2.05) is 24.4 Å². The van der Waals surface area contributed by atoms with Gasteiger partial charge in [-0.25, -0.2) is 0 Å². The first-order valence-corrected chi connectivity index (χ1v) is 6.61. The van der Waals surface area contributed by atoms with Crippen molar-refractivity contribution in [3.63, 3.8) is 0 Å². The quantitative estimate of drug-likeness (QED) is 0.390. The van der Waals surface area contributed by atoms with E-state index in [0.29, 0.717) is 5.92 Å². The summed E-state index contributed by atoms with van der Waals surface area (Å²) in [7, 11) is 0. The Morgan fingerprint density at radius 1 is 1.22 bits per heavy atom. The smallest absolute Gasteiger partial charge is 0.0424 e. The highest BCUT2D eigenvalue weighted by atomic mass is 14.7. The van der Waals surface area contributed by atoms with Crippen LogP contribution in [0.25, 0.3) is 0 Å². The topological polar surface area (TPSA) is 12.4 Å². The fourth-order valence-electron chi connectivity index (χ4n) is 1.70. The van der Waals surface area contributed by atoms with Crippen LogP contribution in [0.5, 0.6) is 0 Å². The van der Waals surface area contributed by atoms with Gasteiger partial charge < -0.3 is 0 Å². The van der Waals surface area contributed by atoms with Gasteiger partial charge in [0.2, 0.25) is 0 Å². The van der Waals surface area contributed by atoms with Gasteiger partial charge in [-0.15, -0.1) is 0 Å². The minimum Gasteiger partial charge on any atom is -0.292 e. The highest BCUT2D eigenvalue weighted by Crippen LogP contribution is 2.11. The average Bonchev–Trinajstić information content (AvgIpc) is 2.38. The molecule has 0 aliphatic heterocycles. The van der Waals surface area contributed by atoms with Crippen molar-refractivity contribution in [1.29, 1.82) is 0 Å². The summed E-state index contributed by atoms with van der Waals surface area (Å²) in [6.07, 6.45) is 9.51. The van der Waals surface area contributed by atoms with E-state index in [9.17, 15) is 0 Å². The van der Waals surface area contributed by atoms with Crippen LogP contribution >= 0.6 is 0 Å². The summed E-state index contributed by atoms with van der Waals surface area (Å²) in [5, 5.41) is 0. The molecule has 0 aromatic heterocycles. The molecule has 0 N–H and O–H groups in total. The first-order chi connectivity index (χ1) is 8.74. The summed E-state index contributed by atoms with van der Waals surface area (Å²) in [6.45, 7) is 7.35. The lowest BCUT2D eigenvalue weighted by Gasteiger charge is -2.05. The van der Waals surface area contributed by atoms with Gasteiger partial charge in [-0.2, -0.15) is 0 Å². The van der Waals surface area contributed by atoms with E-state index in [1.54, 1.807) is 0 Å². The van der Waals surface area contributed by atoms with Gasteiger partial charge in [0.25, 0.3) is 0 Å². The summed E-state index contributed by atoms with van der Waals surface area (Å²) in [4.78, 5) is 4.44. The molecule has 1 aromatic rings. The zero-order chi connectivity index (χ0) is 13.2. The Kier molecular flexibility index (Phi) is 6.78. The number of hydrogen-bond donors (Lipinski definition) is 0. The van der Waals surface area contributed by atoms with E-state index in [1.165, 1.54) is 11.1 Å². The number of allylic oxidation sites excluding steroid dienone is 3. The van der Waals surface area contributed by atoms with E-state index < -0.39 is 0 Å². The summed E-state index contributed by atoms with van der Waals surface area (Å²) < 4.78 is 0. The van der Waals surface area contributed by atoms with Crippen LogP contribution in [0, 0.1) is 5.92 Å². The van der Waals surface area contributed by atoms with E-state index >= 15 is 0 Å². The van der Waals surface area contributed by atoms with Crippen molar-refractivity contribution in [3.05, 3.63) is 59.7 Å². The Balaban J connectivity index is 2.42. The molecule has 0 unspecified atom stereocenters. The third-order valence-corrected chi connectivity index (χ3v) is 2.70. The molecule has 0 saturated carbocycles. The summed E-state index contributed by atoms with van der Waals surface area (Å²) >= 11 is 0. The molecule has 0 radical (unpaired) electrons. The van der Waals surface area contributed by atoms with Crippen LogP contribution in [0.1, 0.15) is 32.8 Å². The third-order valence-electron chi connectivity index (χ3n) is 2.70. The van der Waals surface area contributed by atoms with Crippen LogP contribution in [0.4, 0.5) is 0 Å². The fourth-order valence-corrected chi connectivity index (χ4v) is 1.70. The standard InChI is InChI=1S/C17H23N/c1-4-9-17(15(2)3)12-8-13-18-14-16-10-6-5-7-11-16/h4-7,9-12,14-15H,8,13H2,1-3H3/b9-4?,17-12+,18-14+. The average molecular weight is 241 g/mol. The van der Waals surface area contributed by atoms with Gasteiger partial charge in [0.1, 0.15) is 0 Å². The van der Waals surface area contributed by atoms with E-state index in [2.05, 4.69) is 56.1 Å². The van der Waals surface area contributed by atoms with Gasteiger partial charge in [0.05, 0.1) is 0 Å². The van der Waals surface area contributed by atoms with Gasteiger partial charge in [-0.3, -0.25) is 4.99 Å². The summed E-state index contributed by atoms with van der Waals surface area (Å²) in [5.74, 6) is 0.583. The molecule has 18 heavy (non-hydrogen) atoms. The lowest BCUT2D eigenvalue weighted by atomic mass is 10.0. The van der Waals surface area contributed by atoms with Gasteiger partial charge in [0, 0.05) is 12.8 Å². The molecule has 0 bridgehead atoms. The molecule has 0 amide bonds. The molecule has 0 saturated heterocycles. The van der Waals surface area contributed by atoms with Crippen molar-refractivity contribution in [2.24, 2.45) is 10.9 Å². The zero-order valence-electron chi connectivity index (χ0n) is 11.6. The van der Waals surface area contributed by atoms with E-state index in [4.69, 9.17) is 0 Å². The van der Waals surface area contributed by atoms with Crippen LogP contribution in [0.2, 0.25) is 0 Å². The molecule has 0 aliphatic rings. The maximum atomic E-state index is 4.44. The molecule has 0 heterocycles. The zero-order valence-corrected chi connectivity index (χ0v) is 11.6. The molecule has 1 heteroatoms. The second-order valence-electron chi connectivity index (χ2n) is 4.59. The maximum absolute atomic E-state index is 4.44. The van der Waals surface area contributed by atoms with Crippen molar-refractivity contribution in [1.82, 2.24) is 0 Å². The molecular weight excluding hydrogens is 218 g/mol. The molecular formula is C17H23N. The Morgan fingerprint density at radius 2 is 1.94 bits per heavy atom. The number of hydrogen-bond acceptors (Lipinski definition) is 1. The predicted molar refractivity (Wildman–Crippen MR) is 81.3 cm³/mol. The van der Waals surface area contributed by atoms with Crippen LogP contribution < -0.4 is 0 Å². The highest BCUT2D eigenvalue weighted by molar-refractivity contribution is 5.79. The third kappa shape index (κ3) is 5.62. The van der Waals surface area contributed by atoms with Crippen molar-refractivity contribution in [2.75, 3.05) is 6.54 Å². The van der Waals surface area contributed by atoms with Crippen molar-refractivity contribution < 1.29 is 0 Å². The first-order valence-electron chi connectivity index (χ1n) is 6.61. The molecule has 0 spiro atoms. The number of nitrogens with zero attached hydrogens (tertiary/aromatic N) is 1. The number of aliphatic imine (C=N–C) groups is 1. The SMILES string of the molecule is CC=C/C(=C\CC/N=C/c1ccccc1)C(C)C. The predicted octanol–water partition coefficient (Wildman–Crippen LogP) is 4.65. The lowest BCUT2D eigenvalue weighted by molar-refractivity contribution is 0.782. The van der Waals surface area contributed by atoms with Crippen LogP contribution in [-0.2, 0) is 0 Å². The van der Waals surface area contributed by atoms with Crippen LogP contribution in [0.3, 0.4) is 0 Å². The first kappa shape index (κ1) is 14.4. The Hall–Kier alpha value is -1.63. The minimum absolute atomic E-state index is 0.583. The second-order valence-corrected chi connectivity index (χ2v) is 4.59. The molecule has 96 valence electrons. The molecule has 0 fully saturated rings. The second kappa shape index (κ2) is 8.46. The minimum atomic E-state index is 0.583. The van der Waals surface area contributed by atoms with Crippen molar-refractivity contribution in [2.45, 2.75) is 27.2 Å².